The Morgan fingerprint density at radius 3 is 2.30 bits per heavy atom. The van der Waals surface area contributed by atoms with E-state index >= 15 is 0 Å². The molecule has 1 N–H and O–H groups in total. The highest BCUT2D eigenvalue weighted by molar-refractivity contribution is 7.96. The quantitative estimate of drug-likeness (QED) is 0.622. The zero-order chi connectivity index (χ0) is 7.98. The molecule has 0 heterocycles. The molecule has 1 unspecified atom stereocenters. The van der Waals surface area contributed by atoms with E-state index in [-0.39, 0.29) is 0 Å². The molecule has 0 radical (unpaired) electrons. The van der Waals surface area contributed by atoms with Gasteiger partial charge in [0, 0.05) is 6.54 Å². The van der Waals surface area contributed by atoms with E-state index in [2.05, 4.69) is 31.7 Å². The minimum absolute atomic E-state index is 0.812. The Balaban J connectivity index is 3.16. The Morgan fingerprint density at radius 1 is 1.30 bits per heavy atom. The lowest BCUT2D eigenvalue weighted by Gasteiger charge is -2.12. The number of hydrogen-bond donors (Lipinski definition) is 1. The molecule has 1 nitrogen and oxygen atoms in total. The van der Waals surface area contributed by atoms with Crippen LogP contribution in [-0.2, 0) is 0 Å². The summed E-state index contributed by atoms with van der Waals surface area (Å²) in [5.41, 5.74) is 0. The molecule has 0 fully saturated rings. The third-order valence-electron chi connectivity index (χ3n) is 1.45. The standard InChI is InChI=1S/C8H19NS/c1-7(2)5-8(3)6-9-10-4/h7-9H,5-6H2,1-4H3. The zero-order valence-corrected chi connectivity index (χ0v) is 8.29. The molecular formula is C8H19NS. The van der Waals surface area contributed by atoms with Crippen LogP contribution in [0.5, 0.6) is 0 Å². The van der Waals surface area contributed by atoms with E-state index in [1.807, 2.05) is 0 Å². The Labute approximate surface area is 69.1 Å². The highest BCUT2D eigenvalue weighted by Crippen LogP contribution is 2.09. The molecule has 0 bridgehead atoms. The van der Waals surface area contributed by atoms with Gasteiger partial charge in [0.15, 0.2) is 0 Å². The Bertz CT molecular complexity index is 73.7. The fraction of sp³-hybridized carbons (Fsp3) is 1.00. The van der Waals surface area contributed by atoms with Gasteiger partial charge in [0.2, 0.25) is 0 Å². The van der Waals surface area contributed by atoms with Crippen molar-refractivity contribution in [1.82, 2.24) is 4.72 Å². The van der Waals surface area contributed by atoms with Crippen molar-refractivity contribution in [1.29, 1.82) is 0 Å². The van der Waals surface area contributed by atoms with Crippen molar-refractivity contribution in [2.24, 2.45) is 11.8 Å². The van der Waals surface area contributed by atoms with E-state index < -0.39 is 0 Å². The summed E-state index contributed by atoms with van der Waals surface area (Å²) in [6, 6.07) is 0. The molecule has 0 aliphatic carbocycles. The second kappa shape index (κ2) is 6.05. The summed E-state index contributed by atoms with van der Waals surface area (Å²) in [6.45, 7) is 7.98. The normalized spacial score (nSPS) is 14.1. The summed E-state index contributed by atoms with van der Waals surface area (Å²) in [6.07, 6.45) is 3.40. The lowest BCUT2D eigenvalue weighted by atomic mass is 9.99. The summed E-state index contributed by atoms with van der Waals surface area (Å²) in [5.74, 6) is 1.64. The Morgan fingerprint density at radius 2 is 1.90 bits per heavy atom. The molecule has 0 aliphatic rings. The topological polar surface area (TPSA) is 12.0 Å². The smallest absolute Gasteiger partial charge is 0.00842 e. The predicted molar refractivity (Wildman–Crippen MR) is 50.1 cm³/mol. The number of hydrogen-bond acceptors (Lipinski definition) is 2. The van der Waals surface area contributed by atoms with Crippen LogP contribution < -0.4 is 4.72 Å². The van der Waals surface area contributed by atoms with Crippen LogP contribution in [0.3, 0.4) is 0 Å². The van der Waals surface area contributed by atoms with E-state index in [1.165, 1.54) is 6.42 Å². The number of rotatable bonds is 5. The van der Waals surface area contributed by atoms with Gasteiger partial charge in [-0.05, 0) is 24.5 Å². The van der Waals surface area contributed by atoms with Gasteiger partial charge in [-0.3, -0.25) is 4.72 Å². The van der Waals surface area contributed by atoms with Crippen molar-refractivity contribution in [2.45, 2.75) is 27.2 Å². The zero-order valence-electron chi connectivity index (χ0n) is 7.48. The van der Waals surface area contributed by atoms with Crippen LogP contribution >= 0.6 is 11.9 Å². The van der Waals surface area contributed by atoms with Gasteiger partial charge in [-0.2, -0.15) is 0 Å². The molecule has 2 heteroatoms. The average molecular weight is 161 g/mol. The van der Waals surface area contributed by atoms with Crippen molar-refractivity contribution in [3.63, 3.8) is 0 Å². The third kappa shape index (κ3) is 6.43. The van der Waals surface area contributed by atoms with Gasteiger partial charge in [0.1, 0.15) is 0 Å². The maximum atomic E-state index is 3.27. The van der Waals surface area contributed by atoms with Crippen LogP contribution in [-0.4, -0.2) is 12.8 Å². The second-order valence-electron chi connectivity index (χ2n) is 3.29. The predicted octanol–water partition coefficient (Wildman–Crippen LogP) is 2.54. The first-order valence-electron chi connectivity index (χ1n) is 3.92. The van der Waals surface area contributed by atoms with E-state index in [0.29, 0.717) is 0 Å². The third-order valence-corrected chi connectivity index (χ3v) is 1.91. The lowest BCUT2D eigenvalue weighted by molar-refractivity contribution is 0.439. The maximum Gasteiger partial charge on any atom is 0.00842 e. The van der Waals surface area contributed by atoms with Crippen LogP contribution in [0.2, 0.25) is 0 Å². The molecule has 0 aromatic rings. The Hall–Kier alpha value is 0.310. The van der Waals surface area contributed by atoms with Crippen LogP contribution in [0, 0.1) is 11.8 Å². The molecule has 0 aromatic carbocycles. The highest BCUT2D eigenvalue weighted by Gasteiger charge is 2.02. The van der Waals surface area contributed by atoms with Gasteiger partial charge in [-0.25, -0.2) is 0 Å². The fourth-order valence-electron chi connectivity index (χ4n) is 1.11. The van der Waals surface area contributed by atoms with Gasteiger partial charge in [-0.1, -0.05) is 32.7 Å². The molecule has 0 rings (SSSR count). The van der Waals surface area contributed by atoms with E-state index in [0.717, 1.165) is 18.4 Å². The Kier molecular flexibility index (Phi) is 6.24. The summed E-state index contributed by atoms with van der Waals surface area (Å²) in [4.78, 5) is 0. The molecule has 62 valence electrons. The van der Waals surface area contributed by atoms with Gasteiger partial charge in [0.25, 0.3) is 0 Å². The van der Waals surface area contributed by atoms with Crippen molar-refractivity contribution >= 4 is 11.9 Å². The van der Waals surface area contributed by atoms with Crippen molar-refractivity contribution < 1.29 is 0 Å². The van der Waals surface area contributed by atoms with Gasteiger partial charge >= 0.3 is 0 Å². The first kappa shape index (κ1) is 10.3. The van der Waals surface area contributed by atoms with Crippen molar-refractivity contribution in [2.75, 3.05) is 12.8 Å². The van der Waals surface area contributed by atoms with Crippen LogP contribution in [0.25, 0.3) is 0 Å². The fourth-order valence-corrected chi connectivity index (χ4v) is 1.56. The van der Waals surface area contributed by atoms with E-state index in [4.69, 9.17) is 0 Å². The SMILES string of the molecule is CSNCC(C)CC(C)C. The molecule has 0 spiro atoms. The van der Waals surface area contributed by atoms with Crippen LogP contribution in [0.4, 0.5) is 0 Å². The van der Waals surface area contributed by atoms with E-state index in [1.54, 1.807) is 11.9 Å². The van der Waals surface area contributed by atoms with Gasteiger partial charge in [0.05, 0.1) is 0 Å². The first-order valence-corrected chi connectivity index (χ1v) is 5.15. The van der Waals surface area contributed by atoms with Crippen molar-refractivity contribution in [3.05, 3.63) is 0 Å². The van der Waals surface area contributed by atoms with E-state index in [9.17, 15) is 0 Å². The molecular weight excluding hydrogens is 142 g/mol. The molecule has 0 amide bonds. The molecule has 0 aromatic heterocycles. The first-order chi connectivity index (χ1) is 4.66. The average Bonchev–Trinajstić information content (AvgIpc) is 1.82. The molecule has 0 aliphatic heterocycles. The van der Waals surface area contributed by atoms with Crippen LogP contribution in [0.1, 0.15) is 27.2 Å². The van der Waals surface area contributed by atoms with Crippen LogP contribution in [0.15, 0.2) is 0 Å². The lowest BCUT2D eigenvalue weighted by Crippen LogP contribution is -2.15. The van der Waals surface area contributed by atoms with Gasteiger partial charge < -0.3 is 0 Å². The molecule has 1 atom stereocenters. The largest absolute Gasteiger partial charge is 0.264 e. The number of nitrogens with one attached hydrogen (secondary N) is 1. The summed E-state index contributed by atoms with van der Waals surface area (Å²) < 4.78 is 3.27. The van der Waals surface area contributed by atoms with Gasteiger partial charge in [-0.15, -0.1) is 0 Å². The van der Waals surface area contributed by atoms with Crippen molar-refractivity contribution in [3.8, 4) is 0 Å². The molecule has 0 saturated heterocycles. The molecule has 10 heavy (non-hydrogen) atoms. The highest BCUT2D eigenvalue weighted by atomic mass is 32.2. The monoisotopic (exact) mass is 161 g/mol. The summed E-state index contributed by atoms with van der Waals surface area (Å²) in [7, 11) is 0. The molecule has 0 saturated carbocycles. The summed E-state index contributed by atoms with van der Waals surface area (Å²) >= 11 is 1.71. The second-order valence-corrected chi connectivity index (χ2v) is 3.98. The minimum atomic E-state index is 0.812. The maximum absolute atomic E-state index is 3.27. The summed E-state index contributed by atoms with van der Waals surface area (Å²) in [5, 5.41) is 0. The minimum Gasteiger partial charge on any atom is -0.264 e.